The highest BCUT2D eigenvalue weighted by Crippen LogP contribution is 2.22. The molecule has 2 rings (SSSR count). The molecule has 4 nitrogen and oxygen atoms in total. The summed E-state index contributed by atoms with van der Waals surface area (Å²) < 4.78 is 23.4. The molecule has 0 aromatic heterocycles. The van der Waals surface area contributed by atoms with Gasteiger partial charge in [-0.2, -0.15) is 0 Å². The number of hydrogen-bond acceptors (Lipinski definition) is 4. The van der Waals surface area contributed by atoms with E-state index in [1.165, 1.54) is 25.3 Å². The molecule has 1 atom stereocenters. The second-order valence-electron chi connectivity index (χ2n) is 4.18. The lowest BCUT2D eigenvalue weighted by Gasteiger charge is -2.25. The van der Waals surface area contributed by atoms with Crippen LogP contribution in [-0.2, 0) is 9.47 Å². The highest BCUT2D eigenvalue weighted by atomic mass is 19.1. The Morgan fingerprint density at radius 1 is 1.50 bits per heavy atom. The summed E-state index contributed by atoms with van der Waals surface area (Å²) in [6.45, 7) is 0.681. The molecule has 0 spiro atoms. The predicted molar refractivity (Wildman–Crippen MR) is 65.0 cm³/mol. The van der Waals surface area contributed by atoms with Crippen LogP contribution < -0.4 is 5.32 Å². The Hall–Kier alpha value is -1.62. The maximum Gasteiger partial charge on any atom is 0.339 e. The number of carbonyl (C=O) groups excluding carboxylic acids is 1. The van der Waals surface area contributed by atoms with Crippen LogP contribution >= 0.6 is 0 Å². The molecule has 0 bridgehead atoms. The Labute approximate surface area is 105 Å². The molecule has 0 radical (unpaired) electrons. The SMILES string of the molecule is COC(=O)c1ccc(F)cc1NC1CCCCO1. The lowest BCUT2D eigenvalue weighted by molar-refractivity contribution is 0.0342. The number of hydrogen-bond donors (Lipinski definition) is 1. The average molecular weight is 253 g/mol. The summed E-state index contributed by atoms with van der Waals surface area (Å²) in [5, 5.41) is 3.04. The maximum absolute atomic E-state index is 13.2. The van der Waals surface area contributed by atoms with Crippen molar-refractivity contribution in [2.75, 3.05) is 19.0 Å². The smallest absolute Gasteiger partial charge is 0.339 e. The molecule has 1 aliphatic rings. The third-order valence-electron chi connectivity index (χ3n) is 2.88. The summed E-state index contributed by atoms with van der Waals surface area (Å²) in [7, 11) is 1.30. The number of benzene rings is 1. The van der Waals surface area contributed by atoms with E-state index in [2.05, 4.69) is 10.1 Å². The molecule has 1 N–H and O–H groups in total. The summed E-state index contributed by atoms with van der Waals surface area (Å²) in [6.07, 6.45) is 2.76. The normalized spacial score (nSPS) is 19.3. The quantitative estimate of drug-likeness (QED) is 0.841. The third-order valence-corrected chi connectivity index (χ3v) is 2.88. The Balaban J connectivity index is 2.18. The fourth-order valence-corrected chi connectivity index (χ4v) is 1.95. The van der Waals surface area contributed by atoms with Crippen molar-refractivity contribution >= 4 is 11.7 Å². The second kappa shape index (κ2) is 5.82. The van der Waals surface area contributed by atoms with Crippen LogP contribution in [0.5, 0.6) is 0 Å². The van der Waals surface area contributed by atoms with Crippen LogP contribution in [0.25, 0.3) is 0 Å². The van der Waals surface area contributed by atoms with Crippen molar-refractivity contribution in [1.82, 2.24) is 0 Å². The Kier molecular flexibility index (Phi) is 4.15. The lowest BCUT2D eigenvalue weighted by atomic mass is 10.1. The van der Waals surface area contributed by atoms with Gasteiger partial charge in [0.15, 0.2) is 0 Å². The lowest BCUT2D eigenvalue weighted by Crippen LogP contribution is -2.28. The first-order chi connectivity index (χ1) is 8.70. The first-order valence-electron chi connectivity index (χ1n) is 5.96. The van der Waals surface area contributed by atoms with Crippen molar-refractivity contribution in [3.8, 4) is 0 Å². The van der Waals surface area contributed by atoms with E-state index in [9.17, 15) is 9.18 Å². The number of methoxy groups -OCH3 is 1. The van der Waals surface area contributed by atoms with E-state index in [4.69, 9.17) is 4.74 Å². The monoisotopic (exact) mass is 253 g/mol. The molecule has 1 aliphatic heterocycles. The summed E-state index contributed by atoms with van der Waals surface area (Å²) in [6, 6.07) is 3.93. The molecule has 1 aromatic carbocycles. The summed E-state index contributed by atoms with van der Waals surface area (Å²) in [5.74, 6) is -0.894. The van der Waals surface area contributed by atoms with E-state index in [1.54, 1.807) is 0 Å². The molecule has 1 aromatic rings. The summed E-state index contributed by atoms with van der Waals surface area (Å²) in [5.41, 5.74) is 0.724. The van der Waals surface area contributed by atoms with Crippen LogP contribution in [0.4, 0.5) is 10.1 Å². The van der Waals surface area contributed by atoms with Crippen molar-refractivity contribution < 1.29 is 18.7 Å². The molecule has 1 fully saturated rings. The third kappa shape index (κ3) is 2.98. The zero-order chi connectivity index (χ0) is 13.0. The second-order valence-corrected chi connectivity index (χ2v) is 4.18. The molecular weight excluding hydrogens is 237 g/mol. The largest absolute Gasteiger partial charge is 0.465 e. The molecule has 5 heteroatoms. The van der Waals surface area contributed by atoms with E-state index >= 15 is 0 Å². The van der Waals surface area contributed by atoms with Crippen molar-refractivity contribution in [1.29, 1.82) is 0 Å². The molecule has 18 heavy (non-hydrogen) atoms. The van der Waals surface area contributed by atoms with Gasteiger partial charge in [-0.1, -0.05) is 0 Å². The Bertz CT molecular complexity index is 430. The van der Waals surface area contributed by atoms with E-state index in [0.29, 0.717) is 17.9 Å². The van der Waals surface area contributed by atoms with E-state index in [-0.39, 0.29) is 6.23 Å². The predicted octanol–water partition coefficient (Wildman–Crippen LogP) is 2.55. The highest BCUT2D eigenvalue weighted by molar-refractivity contribution is 5.95. The van der Waals surface area contributed by atoms with Crippen molar-refractivity contribution in [3.63, 3.8) is 0 Å². The number of esters is 1. The fourth-order valence-electron chi connectivity index (χ4n) is 1.95. The molecular formula is C13H16FNO3. The molecule has 0 saturated carbocycles. The number of ether oxygens (including phenoxy) is 2. The first kappa shape index (κ1) is 12.8. The van der Waals surface area contributed by atoms with Gasteiger partial charge in [-0.3, -0.25) is 0 Å². The highest BCUT2D eigenvalue weighted by Gasteiger charge is 2.18. The Morgan fingerprint density at radius 3 is 3.00 bits per heavy atom. The van der Waals surface area contributed by atoms with Gasteiger partial charge in [0.25, 0.3) is 0 Å². The van der Waals surface area contributed by atoms with Crippen LogP contribution in [0.15, 0.2) is 18.2 Å². The van der Waals surface area contributed by atoms with Crippen LogP contribution in [0.1, 0.15) is 29.6 Å². The number of anilines is 1. The van der Waals surface area contributed by atoms with Crippen molar-refractivity contribution in [2.24, 2.45) is 0 Å². The molecule has 1 heterocycles. The van der Waals surface area contributed by atoms with Gasteiger partial charge in [-0.25, -0.2) is 9.18 Å². The van der Waals surface area contributed by atoms with Gasteiger partial charge < -0.3 is 14.8 Å². The number of rotatable bonds is 3. The number of halogens is 1. The number of carbonyl (C=O) groups is 1. The number of nitrogens with one attached hydrogen (secondary N) is 1. The van der Waals surface area contributed by atoms with E-state index in [0.717, 1.165) is 19.3 Å². The van der Waals surface area contributed by atoms with Gasteiger partial charge in [0, 0.05) is 6.61 Å². The molecule has 1 unspecified atom stereocenters. The van der Waals surface area contributed by atoms with Gasteiger partial charge >= 0.3 is 5.97 Å². The summed E-state index contributed by atoms with van der Waals surface area (Å²) in [4.78, 5) is 11.6. The maximum atomic E-state index is 13.2. The molecule has 0 aliphatic carbocycles. The van der Waals surface area contributed by atoms with Gasteiger partial charge in [0.2, 0.25) is 0 Å². The zero-order valence-electron chi connectivity index (χ0n) is 10.2. The molecule has 1 saturated heterocycles. The van der Waals surface area contributed by atoms with Gasteiger partial charge in [0.1, 0.15) is 12.0 Å². The van der Waals surface area contributed by atoms with E-state index in [1.807, 2.05) is 0 Å². The van der Waals surface area contributed by atoms with Crippen molar-refractivity contribution in [2.45, 2.75) is 25.5 Å². The average Bonchev–Trinajstić information content (AvgIpc) is 2.39. The minimum Gasteiger partial charge on any atom is -0.465 e. The van der Waals surface area contributed by atoms with Crippen LogP contribution in [0.3, 0.4) is 0 Å². The van der Waals surface area contributed by atoms with Gasteiger partial charge in [0.05, 0.1) is 18.4 Å². The topological polar surface area (TPSA) is 47.6 Å². The van der Waals surface area contributed by atoms with E-state index < -0.39 is 11.8 Å². The minimum absolute atomic E-state index is 0.177. The van der Waals surface area contributed by atoms with Crippen LogP contribution in [0, 0.1) is 5.82 Å². The minimum atomic E-state index is -0.492. The van der Waals surface area contributed by atoms with Crippen LogP contribution in [-0.4, -0.2) is 25.9 Å². The molecule has 98 valence electrons. The zero-order valence-corrected chi connectivity index (χ0v) is 10.2. The van der Waals surface area contributed by atoms with Gasteiger partial charge in [-0.05, 0) is 37.5 Å². The summed E-state index contributed by atoms with van der Waals surface area (Å²) >= 11 is 0. The standard InChI is InChI=1S/C13H16FNO3/c1-17-13(16)10-6-5-9(14)8-11(10)15-12-4-2-3-7-18-12/h5-6,8,12,15H,2-4,7H2,1H3. The van der Waals surface area contributed by atoms with Crippen molar-refractivity contribution in [3.05, 3.63) is 29.6 Å². The van der Waals surface area contributed by atoms with Crippen LogP contribution in [0.2, 0.25) is 0 Å². The van der Waals surface area contributed by atoms with Gasteiger partial charge in [-0.15, -0.1) is 0 Å². The Morgan fingerprint density at radius 2 is 2.33 bits per heavy atom. The first-order valence-corrected chi connectivity index (χ1v) is 5.96. The fraction of sp³-hybridized carbons (Fsp3) is 0.462. The molecule has 0 amide bonds.